The van der Waals surface area contributed by atoms with E-state index >= 15 is 0 Å². The number of benzene rings is 1. The Balaban J connectivity index is 1.53. The molecule has 1 fully saturated rings. The first-order valence-corrected chi connectivity index (χ1v) is 11.6. The molecule has 6 nitrogen and oxygen atoms in total. The summed E-state index contributed by atoms with van der Waals surface area (Å²) < 4.78 is 27.1. The van der Waals surface area contributed by atoms with Crippen LogP contribution in [0, 0.1) is 12.8 Å². The zero-order valence-electron chi connectivity index (χ0n) is 16.5. The van der Waals surface area contributed by atoms with Crippen LogP contribution in [-0.4, -0.2) is 28.1 Å². The molecule has 152 valence electrons. The molecule has 1 aliphatic carbocycles. The third-order valence-corrected chi connectivity index (χ3v) is 7.35. The molecule has 0 unspecified atom stereocenters. The second-order valence-electron chi connectivity index (χ2n) is 7.80. The highest BCUT2D eigenvalue weighted by atomic mass is 32.2. The average molecular weight is 412 g/mol. The van der Waals surface area contributed by atoms with Gasteiger partial charge in [-0.15, -0.1) is 0 Å². The highest BCUT2D eigenvalue weighted by Gasteiger charge is 2.22. The molecule has 0 amide bonds. The first-order chi connectivity index (χ1) is 13.9. The van der Waals surface area contributed by atoms with Crippen LogP contribution in [0.5, 0.6) is 0 Å². The maximum Gasteiger partial charge on any atom is 0.269 e. The minimum absolute atomic E-state index is 0.196. The SMILES string of the molecule is Cc1ccc(S(=O)(=O)n2ccc3nc(CCC(=O)C4CCCCC4)cnc32)cc1. The summed E-state index contributed by atoms with van der Waals surface area (Å²) in [4.78, 5) is 21.5. The van der Waals surface area contributed by atoms with Crippen LogP contribution in [0.15, 0.2) is 47.6 Å². The predicted molar refractivity (Wildman–Crippen MR) is 111 cm³/mol. The Labute approximate surface area is 171 Å². The van der Waals surface area contributed by atoms with Gasteiger partial charge in [-0.05, 0) is 44.4 Å². The molecule has 0 bridgehead atoms. The summed E-state index contributed by atoms with van der Waals surface area (Å²) in [7, 11) is -3.73. The summed E-state index contributed by atoms with van der Waals surface area (Å²) in [5, 5.41) is 0. The van der Waals surface area contributed by atoms with Crippen LogP contribution in [0.25, 0.3) is 11.2 Å². The van der Waals surface area contributed by atoms with Crippen molar-refractivity contribution < 1.29 is 13.2 Å². The molecule has 0 aliphatic heterocycles. The number of hydrogen-bond donors (Lipinski definition) is 0. The Morgan fingerprint density at radius 1 is 1.10 bits per heavy atom. The summed E-state index contributed by atoms with van der Waals surface area (Å²) in [6, 6.07) is 8.38. The Morgan fingerprint density at radius 2 is 1.83 bits per heavy atom. The highest BCUT2D eigenvalue weighted by molar-refractivity contribution is 7.90. The van der Waals surface area contributed by atoms with E-state index in [1.54, 1.807) is 36.5 Å². The molecule has 0 N–H and O–H groups in total. The molecule has 1 aromatic carbocycles. The smallest absolute Gasteiger partial charge is 0.269 e. The monoisotopic (exact) mass is 411 g/mol. The lowest BCUT2D eigenvalue weighted by molar-refractivity contribution is -0.123. The number of carbonyl (C=O) groups excluding carboxylic acids is 1. The normalized spacial score (nSPS) is 15.6. The van der Waals surface area contributed by atoms with E-state index in [2.05, 4.69) is 9.97 Å². The molecule has 0 saturated heterocycles. The first kappa shape index (κ1) is 19.8. The highest BCUT2D eigenvalue weighted by Crippen LogP contribution is 2.26. The third-order valence-electron chi connectivity index (χ3n) is 5.67. The van der Waals surface area contributed by atoms with Gasteiger partial charge < -0.3 is 0 Å². The van der Waals surface area contributed by atoms with Gasteiger partial charge in [0.15, 0.2) is 5.65 Å². The van der Waals surface area contributed by atoms with Crippen LogP contribution in [0.1, 0.15) is 49.8 Å². The number of rotatable bonds is 6. The van der Waals surface area contributed by atoms with Crippen molar-refractivity contribution in [1.82, 2.24) is 13.9 Å². The van der Waals surface area contributed by atoms with Gasteiger partial charge in [0.25, 0.3) is 10.0 Å². The molecule has 7 heteroatoms. The molecule has 3 aromatic rings. The Kier molecular flexibility index (Phi) is 5.50. The molecule has 1 aliphatic rings. The van der Waals surface area contributed by atoms with Crippen LogP contribution in [0.4, 0.5) is 0 Å². The number of Topliss-reactive ketones (excluding diaryl/α,β-unsaturated/α-hetero) is 1. The van der Waals surface area contributed by atoms with Crippen LogP contribution < -0.4 is 0 Å². The van der Waals surface area contributed by atoms with Crippen LogP contribution in [-0.2, 0) is 21.2 Å². The average Bonchev–Trinajstić information content (AvgIpc) is 3.17. The summed E-state index contributed by atoms with van der Waals surface area (Å²) >= 11 is 0. The summed E-state index contributed by atoms with van der Waals surface area (Å²) in [5.41, 5.74) is 2.52. The Bertz CT molecular complexity index is 1130. The van der Waals surface area contributed by atoms with E-state index < -0.39 is 10.0 Å². The van der Waals surface area contributed by atoms with Gasteiger partial charge in [-0.2, -0.15) is 0 Å². The van der Waals surface area contributed by atoms with Gasteiger partial charge in [-0.25, -0.2) is 22.4 Å². The molecular formula is C22H25N3O3S. The Hall–Kier alpha value is -2.54. The fourth-order valence-corrected chi connectivity index (χ4v) is 5.24. The number of ketones is 1. The van der Waals surface area contributed by atoms with Crippen molar-refractivity contribution >= 4 is 27.0 Å². The van der Waals surface area contributed by atoms with Gasteiger partial charge in [0.05, 0.1) is 16.8 Å². The van der Waals surface area contributed by atoms with Gasteiger partial charge in [0.1, 0.15) is 11.3 Å². The van der Waals surface area contributed by atoms with Crippen molar-refractivity contribution in [3.63, 3.8) is 0 Å². The first-order valence-electron chi connectivity index (χ1n) is 10.1. The molecular weight excluding hydrogens is 386 g/mol. The topological polar surface area (TPSA) is 81.9 Å². The minimum atomic E-state index is -3.73. The number of carbonyl (C=O) groups is 1. The summed E-state index contributed by atoms with van der Waals surface area (Å²) in [6.07, 6.45) is 9.59. The standard InChI is InChI=1S/C22H25N3O3S/c1-16-7-10-19(11-8-16)29(27,28)25-14-13-20-22(25)23-15-18(24-20)9-12-21(26)17-5-3-2-4-6-17/h7-8,10-11,13-15,17H,2-6,9,12H2,1H3. The van der Waals surface area contributed by atoms with E-state index in [1.165, 1.54) is 12.6 Å². The van der Waals surface area contributed by atoms with E-state index in [4.69, 9.17) is 0 Å². The summed E-state index contributed by atoms with van der Waals surface area (Å²) in [6.45, 7) is 1.91. The molecule has 1 saturated carbocycles. The lowest BCUT2D eigenvalue weighted by Crippen LogP contribution is -2.18. The molecule has 29 heavy (non-hydrogen) atoms. The van der Waals surface area contributed by atoms with E-state index in [9.17, 15) is 13.2 Å². The van der Waals surface area contributed by atoms with Crippen molar-refractivity contribution in [3.8, 4) is 0 Å². The van der Waals surface area contributed by atoms with Gasteiger partial charge >= 0.3 is 0 Å². The quantitative estimate of drug-likeness (QED) is 0.611. The predicted octanol–water partition coefficient (Wildman–Crippen LogP) is 4.06. The zero-order valence-corrected chi connectivity index (χ0v) is 17.4. The zero-order chi connectivity index (χ0) is 20.4. The summed E-state index contributed by atoms with van der Waals surface area (Å²) in [5.74, 6) is 0.507. The minimum Gasteiger partial charge on any atom is -0.299 e. The molecule has 4 rings (SSSR count). The lowest BCUT2D eigenvalue weighted by Gasteiger charge is -2.20. The van der Waals surface area contributed by atoms with Crippen molar-refractivity contribution in [2.45, 2.75) is 56.8 Å². The lowest BCUT2D eigenvalue weighted by atomic mass is 9.85. The maximum absolute atomic E-state index is 12.9. The van der Waals surface area contributed by atoms with Crippen molar-refractivity contribution in [3.05, 3.63) is 54.0 Å². The number of nitrogens with zero attached hydrogens (tertiary/aromatic N) is 3. The van der Waals surface area contributed by atoms with Crippen molar-refractivity contribution in [2.24, 2.45) is 5.92 Å². The van der Waals surface area contributed by atoms with Crippen molar-refractivity contribution in [1.29, 1.82) is 0 Å². The number of aryl methyl sites for hydroxylation is 2. The van der Waals surface area contributed by atoms with Crippen molar-refractivity contribution in [2.75, 3.05) is 0 Å². The number of aromatic nitrogens is 3. The van der Waals surface area contributed by atoms with E-state index in [1.807, 2.05) is 6.92 Å². The van der Waals surface area contributed by atoms with Crippen LogP contribution in [0.3, 0.4) is 0 Å². The molecule has 0 radical (unpaired) electrons. The fraction of sp³-hybridized carbons (Fsp3) is 0.409. The van der Waals surface area contributed by atoms with Gasteiger partial charge in [-0.1, -0.05) is 37.0 Å². The maximum atomic E-state index is 12.9. The second-order valence-corrected chi connectivity index (χ2v) is 9.62. The fourth-order valence-electron chi connectivity index (χ4n) is 3.94. The molecule has 2 heterocycles. The third kappa shape index (κ3) is 4.10. The van der Waals surface area contributed by atoms with Gasteiger partial charge in [0, 0.05) is 18.5 Å². The van der Waals surface area contributed by atoms with E-state index in [0.717, 1.165) is 35.2 Å². The largest absolute Gasteiger partial charge is 0.299 e. The molecule has 0 atom stereocenters. The number of hydrogen-bond acceptors (Lipinski definition) is 5. The van der Waals surface area contributed by atoms with E-state index in [-0.39, 0.29) is 10.8 Å². The molecule has 0 spiro atoms. The Morgan fingerprint density at radius 3 is 2.55 bits per heavy atom. The van der Waals surface area contributed by atoms with Gasteiger partial charge in [0.2, 0.25) is 0 Å². The van der Waals surface area contributed by atoms with E-state index in [0.29, 0.717) is 35.5 Å². The number of fused-ring (bicyclic) bond motifs is 1. The van der Waals surface area contributed by atoms with Gasteiger partial charge in [-0.3, -0.25) is 4.79 Å². The van der Waals surface area contributed by atoms with Crippen LogP contribution >= 0.6 is 0 Å². The van der Waals surface area contributed by atoms with Crippen LogP contribution in [0.2, 0.25) is 0 Å². The molecule has 2 aromatic heterocycles. The second kappa shape index (κ2) is 8.06.